The van der Waals surface area contributed by atoms with Gasteiger partial charge >= 0.3 is 17.9 Å². The van der Waals surface area contributed by atoms with Crippen LogP contribution in [0.2, 0.25) is 0 Å². The van der Waals surface area contributed by atoms with Crippen LogP contribution >= 0.6 is 0 Å². The molecule has 328 valence electrons. The maximum atomic E-state index is 12.3. The number of amides is 2. The fourth-order valence-electron chi connectivity index (χ4n) is 5.50. The molecule has 2 amide bonds. The van der Waals surface area contributed by atoms with Crippen LogP contribution in [0.1, 0.15) is 164 Å². The van der Waals surface area contributed by atoms with Gasteiger partial charge in [0.15, 0.2) is 0 Å². The van der Waals surface area contributed by atoms with E-state index in [2.05, 4.69) is 10.6 Å². The predicted octanol–water partition coefficient (Wildman–Crippen LogP) is 6.83. The van der Waals surface area contributed by atoms with E-state index >= 15 is 0 Å². The van der Waals surface area contributed by atoms with Gasteiger partial charge in [0, 0.05) is 32.2 Å². The van der Waals surface area contributed by atoms with Crippen LogP contribution < -0.4 is 10.6 Å². The SMILES string of the molecule is CC(C)(C)OC(=O)CCCCCCCCCCCCCCCCC(=O)NCCOCCOCCOCCOCCC(=O)NC(CCC(=O)O)C(=O)OC(C)(C)C. The number of carbonyl (C=O) groups is 5. The molecule has 0 saturated heterocycles. The van der Waals surface area contributed by atoms with Crippen LogP contribution in [0.5, 0.6) is 0 Å². The number of unbranched alkanes of at least 4 members (excludes halogenated alkanes) is 13. The van der Waals surface area contributed by atoms with E-state index < -0.39 is 29.5 Å². The maximum Gasteiger partial charge on any atom is 0.329 e. The normalized spacial score (nSPS) is 12.2. The molecule has 0 radical (unpaired) electrons. The van der Waals surface area contributed by atoms with E-state index in [-0.39, 0.29) is 50.0 Å². The topological polar surface area (TPSA) is 185 Å². The van der Waals surface area contributed by atoms with Gasteiger partial charge in [0.2, 0.25) is 11.8 Å². The Kier molecular flexibility index (Phi) is 32.5. The lowest BCUT2D eigenvalue weighted by atomic mass is 10.0. The lowest BCUT2D eigenvalue weighted by molar-refractivity contribution is -0.159. The molecule has 0 fully saturated rings. The molecule has 0 aliphatic carbocycles. The van der Waals surface area contributed by atoms with E-state index in [4.69, 9.17) is 33.5 Å². The van der Waals surface area contributed by atoms with Crippen molar-refractivity contribution >= 4 is 29.7 Å². The molecule has 1 unspecified atom stereocenters. The van der Waals surface area contributed by atoms with E-state index in [1.165, 1.54) is 64.2 Å². The van der Waals surface area contributed by atoms with Gasteiger partial charge in [0.1, 0.15) is 17.2 Å². The second kappa shape index (κ2) is 34.3. The zero-order valence-corrected chi connectivity index (χ0v) is 35.8. The number of nitrogens with one attached hydrogen (secondary N) is 2. The molecule has 56 heavy (non-hydrogen) atoms. The molecule has 0 rings (SSSR count). The van der Waals surface area contributed by atoms with Crippen LogP contribution in [0.3, 0.4) is 0 Å². The van der Waals surface area contributed by atoms with Crippen LogP contribution in [0, 0.1) is 0 Å². The van der Waals surface area contributed by atoms with Crippen molar-refractivity contribution < 1.29 is 57.5 Å². The Morgan fingerprint density at radius 3 is 1.34 bits per heavy atom. The van der Waals surface area contributed by atoms with Gasteiger partial charge in [-0.2, -0.15) is 0 Å². The summed E-state index contributed by atoms with van der Waals surface area (Å²) >= 11 is 0. The largest absolute Gasteiger partial charge is 0.481 e. The van der Waals surface area contributed by atoms with Crippen LogP contribution in [0.15, 0.2) is 0 Å². The third-order valence-electron chi connectivity index (χ3n) is 8.29. The van der Waals surface area contributed by atoms with E-state index in [0.717, 1.165) is 25.7 Å². The first-order valence-electron chi connectivity index (χ1n) is 21.1. The van der Waals surface area contributed by atoms with E-state index in [0.29, 0.717) is 59.0 Å². The Labute approximate surface area is 337 Å². The minimum atomic E-state index is -1.07. The molecule has 0 heterocycles. The summed E-state index contributed by atoms with van der Waals surface area (Å²) in [4.78, 5) is 59.3. The summed E-state index contributed by atoms with van der Waals surface area (Å²) in [6, 6.07) is -1.04. The number of carboxylic acid groups (broad SMARTS) is 1. The van der Waals surface area contributed by atoms with Gasteiger partial charge in [-0.1, -0.05) is 77.0 Å². The van der Waals surface area contributed by atoms with Crippen LogP contribution in [-0.4, -0.2) is 111 Å². The standard InChI is InChI=1S/C42H78N2O12/c1-41(2,3)55-39(49)22-20-18-16-14-12-10-8-7-9-11-13-15-17-19-21-36(45)43-26-28-52-30-32-54-34-33-53-31-29-51-27-25-37(46)44-35(23-24-38(47)48)40(50)56-42(4,5)6/h35H,7-34H2,1-6H3,(H,43,45)(H,44,46)(H,47,48). The molecule has 0 aromatic heterocycles. The molecule has 0 aromatic carbocycles. The lowest BCUT2D eigenvalue weighted by Crippen LogP contribution is -2.44. The number of hydrogen-bond donors (Lipinski definition) is 3. The van der Waals surface area contributed by atoms with Gasteiger partial charge in [-0.15, -0.1) is 0 Å². The van der Waals surface area contributed by atoms with Crippen molar-refractivity contribution in [1.82, 2.24) is 10.6 Å². The number of rotatable bonds is 37. The highest BCUT2D eigenvalue weighted by atomic mass is 16.6. The fourth-order valence-corrected chi connectivity index (χ4v) is 5.50. The monoisotopic (exact) mass is 803 g/mol. The second-order valence-corrected chi connectivity index (χ2v) is 16.2. The van der Waals surface area contributed by atoms with Gasteiger partial charge in [0.25, 0.3) is 0 Å². The highest BCUT2D eigenvalue weighted by molar-refractivity contribution is 5.85. The Morgan fingerprint density at radius 1 is 0.482 bits per heavy atom. The Morgan fingerprint density at radius 2 is 0.893 bits per heavy atom. The summed E-state index contributed by atoms with van der Waals surface area (Å²) in [6.07, 6.45) is 17.4. The third kappa shape index (κ3) is 39.4. The summed E-state index contributed by atoms with van der Waals surface area (Å²) in [5, 5.41) is 14.4. The molecule has 0 aliphatic heterocycles. The van der Waals surface area contributed by atoms with Crippen molar-refractivity contribution in [1.29, 1.82) is 0 Å². The Balaban J connectivity index is 3.48. The molecule has 0 spiro atoms. The van der Waals surface area contributed by atoms with Crippen molar-refractivity contribution in [2.45, 2.75) is 181 Å². The molecule has 0 aromatic rings. The van der Waals surface area contributed by atoms with Crippen molar-refractivity contribution in [2.24, 2.45) is 0 Å². The molecule has 3 N–H and O–H groups in total. The fraction of sp³-hybridized carbons (Fsp3) is 0.881. The van der Waals surface area contributed by atoms with Crippen molar-refractivity contribution in [3.05, 3.63) is 0 Å². The highest BCUT2D eigenvalue weighted by Gasteiger charge is 2.27. The van der Waals surface area contributed by atoms with Crippen LogP contribution in [0.25, 0.3) is 0 Å². The van der Waals surface area contributed by atoms with Gasteiger partial charge in [-0.3, -0.25) is 19.2 Å². The molecule has 0 bridgehead atoms. The number of carbonyl (C=O) groups excluding carboxylic acids is 4. The number of hydrogen-bond acceptors (Lipinski definition) is 11. The highest BCUT2D eigenvalue weighted by Crippen LogP contribution is 2.15. The van der Waals surface area contributed by atoms with Crippen LogP contribution in [-0.2, 0) is 52.4 Å². The van der Waals surface area contributed by atoms with Gasteiger partial charge in [-0.05, 0) is 60.8 Å². The smallest absolute Gasteiger partial charge is 0.329 e. The number of aliphatic carboxylic acids is 1. The first-order valence-corrected chi connectivity index (χ1v) is 21.1. The summed E-state index contributed by atoms with van der Waals surface area (Å²) in [7, 11) is 0. The number of ether oxygens (including phenoxy) is 6. The maximum absolute atomic E-state index is 12.3. The minimum absolute atomic E-state index is 0.00546. The summed E-state index contributed by atoms with van der Waals surface area (Å²) in [5.74, 6) is -2.19. The molecule has 14 nitrogen and oxygen atoms in total. The van der Waals surface area contributed by atoms with Gasteiger partial charge in [-0.25, -0.2) is 4.79 Å². The third-order valence-corrected chi connectivity index (χ3v) is 8.29. The van der Waals surface area contributed by atoms with Crippen molar-refractivity contribution in [3.8, 4) is 0 Å². The average Bonchev–Trinajstić information content (AvgIpc) is 3.09. The first-order chi connectivity index (χ1) is 26.6. The average molecular weight is 803 g/mol. The zero-order valence-electron chi connectivity index (χ0n) is 35.8. The van der Waals surface area contributed by atoms with E-state index in [1.807, 2.05) is 20.8 Å². The molecule has 1 atom stereocenters. The second-order valence-electron chi connectivity index (χ2n) is 16.2. The first kappa shape index (κ1) is 53.2. The van der Waals surface area contributed by atoms with Gasteiger partial charge in [0.05, 0.1) is 52.9 Å². The number of esters is 2. The summed E-state index contributed by atoms with van der Waals surface area (Å²) < 4.78 is 32.5. The van der Waals surface area contributed by atoms with Crippen molar-refractivity contribution in [3.63, 3.8) is 0 Å². The Bertz CT molecular complexity index is 1040. The lowest BCUT2D eigenvalue weighted by Gasteiger charge is -2.24. The van der Waals surface area contributed by atoms with E-state index in [1.54, 1.807) is 20.8 Å². The zero-order chi connectivity index (χ0) is 41.9. The molecule has 0 aliphatic rings. The van der Waals surface area contributed by atoms with Crippen molar-refractivity contribution in [2.75, 3.05) is 59.4 Å². The quantitative estimate of drug-likeness (QED) is 0.0440. The molecular weight excluding hydrogens is 724 g/mol. The van der Waals surface area contributed by atoms with Gasteiger partial charge < -0.3 is 44.2 Å². The Hall–Kier alpha value is -2.81. The summed E-state index contributed by atoms with van der Waals surface area (Å²) in [6.45, 7) is 14.1. The summed E-state index contributed by atoms with van der Waals surface area (Å²) in [5.41, 5.74) is -1.15. The molecule has 0 saturated carbocycles. The predicted molar refractivity (Wildman–Crippen MR) is 215 cm³/mol. The van der Waals surface area contributed by atoms with Crippen LogP contribution in [0.4, 0.5) is 0 Å². The molecular formula is C42H78N2O12. The minimum Gasteiger partial charge on any atom is -0.481 e. The van der Waals surface area contributed by atoms with E-state index in [9.17, 15) is 24.0 Å². The molecule has 14 heteroatoms. The number of carboxylic acids is 1.